The molecule has 0 saturated heterocycles. The summed E-state index contributed by atoms with van der Waals surface area (Å²) in [4.78, 5) is 55.5. The first-order chi connectivity index (χ1) is 21.6. The van der Waals surface area contributed by atoms with Gasteiger partial charge >= 0.3 is 11.9 Å². The van der Waals surface area contributed by atoms with Crippen molar-refractivity contribution in [3.63, 3.8) is 0 Å². The smallest absolute Gasteiger partial charge is 0.328 e. The van der Waals surface area contributed by atoms with Gasteiger partial charge in [-0.25, -0.2) is 4.79 Å². The maximum Gasteiger partial charge on any atom is 0.328 e. The molecule has 1 heterocycles. The molecule has 246 valence electrons. The zero-order chi connectivity index (χ0) is 32.8. The van der Waals surface area contributed by atoms with Crippen molar-refractivity contribution >= 4 is 29.6 Å². The molecular formula is C31H41N3O10S. The number of amides is 1. The topological polar surface area (TPSA) is 167 Å². The quantitative estimate of drug-likeness (QED) is 0.110. The molecule has 3 unspecified atom stereocenters. The van der Waals surface area contributed by atoms with Gasteiger partial charge in [0.25, 0.3) is 5.09 Å². The predicted molar refractivity (Wildman–Crippen MR) is 168 cm³/mol. The highest BCUT2D eigenvalue weighted by molar-refractivity contribution is 7.99. The molecule has 1 aromatic carbocycles. The number of methoxy groups -OCH3 is 2. The van der Waals surface area contributed by atoms with Crippen LogP contribution >= 0.6 is 11.8 Å². The van der Waals surface area contributed by atoms with E-state index in [9.17, 15) is 29.6 Å². The summed E-state index contributed by atoms with van der Waals surface area (Å²) in [7, 11) is 3.05. The first kappa shape index (κ1) is 35.4. The summed E-state index contributed by atoms with van der Waals surface area (Å²) in [6.45, 7) is 1.65. The van der Waals surface area contributed by atoms with Gasteiger partial charge in [-0.2, -0.15) is 11.8 Å². The number of carboxylic acid groups (broad SMARTS) is 1. The van der Waals surface area contributed by atoms with Crippen LogP contribution in [0.3, 0.4) is 0 Å². The van der Waals surface area contributed by atoms with Crippen molar-refractivity contribution < 1.29 is 43.6 Å². The monoisotopic (exact) mass is 647 g/mol. The number of aryl methyl sites for hydroxylation is 1. The van der Waals surface area contributed by atoms with E-state index in [1.807, 2.05) is 36.4 Å². The molecule has 3 atom stereocenters. The van der Waals surface area contributed by atoms with Crippen molar-refractivity contribution in [3.05, 3.63) is 69.3 Å². The number of rotatable bonds is 17. The fraction of sp³-hybridized carbons (Fsp3) is 0.516. The Balaban J connectivity index is 1.75. The van der Waals surface area contributed by atoms with Gasteiger partial charge in [0.05, 0.1) is 20.3 Å². The summed E-state index contributed by atoms with van der Waals surface area (Å²) < 4.78 is 16.5. The van der Waals surface area contributed by atoms with Gasteiger partial charge in [0, 0.05) is 18.1 Å². The van der Waals surface area contributed by atoms with Crippen LogP contribution < -0.4 is 14.8 Å². The Hall–Kier alpha value is -4.04. The van der Waals surface area contributed by atoms with Crippen LogP contribution in [0.4, 0.5) is 0 Å². The molecule has 0 spiro atoms. The number of nitrogens with one attached hydrogen (secondary N) is 1. The summed E-state index contributed by atoms with van der Waals surface area (Å²) in [5.41, 5.74) is 2.69. The third kappa shape index (κ3) is 10.8. The Kier molecular flexibility index (Phi) is 14.2. The number of allylic oxidation sites excluding steroid dienone is 6. The average Bonchev–Trinajstić information content (AvgIpc) is 3.40. The number of hydrogen-bond acceptors (Lipinski definition) is 11. The molecule has 0 fully saturated rings. The predicted octanol–water partition coefficient (Wildman–Crippen LogP) is 3.49. The molecule has 14 heteroatoms. The minimum Gasteiger partial charge on any atom is -0.493 e. The van der Waals surface area contributed by atoms with Crippen LogP contribution in [0, 0.1) is 10.1 Å². The highest BCUT2D eigenvalue weighted by atomic mass is 32.2. The normalized spacial score (nSPS) is 17.2. The number of nitrogens with zero attached hydrogens (tertiary/aromatic N) is 2. The van der Waals surface area contributed by atoms with E-state index in [1.165, 1.54) is 30.9 Å². The number of benzene rings is 1. The fourth-order valence-corrected chi connectivity index (χ4v) is 5.75. The molecule has 2 N–H and O–H groups in total. The Morgan fingerprint density at radius 2 is 1.84 bits per heavy atom. The van der Waals surface area contributed by atoms with Gasteiger partial charge in [-0.3, -0.25) is 14.9 Å². The molecule has 3 rings (SSSR count). The molecule has 0 bridgehead atoms. The zero-order valence-corrected chi connectivity index (χ0v) is 26.6. The number of aliphatic carboxylic acids is 1. The highest BCUT2D eigenvalue weighted by Gasteiger charge is 2.37. The number of carbonyl (C=O) groups is 3. The van der Waals surface area contributed by atoms with Crippen molar-refractivity contribution in [3.8, 4) is 11.5 Å². The van der Waals surface area contributed by atoms with Crippen molar-refractivity contribution in [2.24, 2.45) is 0 Å². The van der Waals surface area contributed by atoms with Crippen LogP contribution in [0.5, 0.6) is 11.5 Å². The van der Waals surface area contributed by atoms with E-state index in [-0.39, 0.29) is 32.6 Å². The molecule has 1 amide bonds. The van der Waals surface area contributed by atoms with E-state index in [0.29, 0.717) is 35.8 Å². The van der Waals surface area contributed by atoms with Crippen molar-refractivity contribution in [2.75, 3.05) is 38.9 Å². The van der Waals surface area contributed by atoms with Crippen LogP contribution in [0.1, 0.15) is 43.7 Å². The highest BCUT2D eigenvalue weighted by Crippen LogP contribution is 2.34. The summed E-state index contributed by atoms with van der Waals surface area (Å²) in [6.07, 6.45) is 12.2. The molecule has 0 aromatic heterocycles. The molecule has 1 aliphatic heterocycles. The molecule has 2 aliphatic rings. The Labute approximate surface area is 266 Å². The SMILES string of the molecule is COc1cc2c(cc1OC)CN(C(=O)C(C)NC(CCC1=CCC=CC=C1)C(=O)O)C(C(=O)OCCSCCO[N+](=O)[O-])CC2. The average molecular weight is 648 g/mol. The molecule has 13 nitrogen and oxygen atoms in total. The van der Waals surface area contributed by atoms with E-state index >= 15 is 0 Å². The second kappa shape index (κ2) is 18.1. The Morgan fingerprint density at radius 3 is 2.53 bits per heavy atom. The summed E-state index contributed by atoms with van der Waals surface area (Å²) in [5.74, 6) is -0.332. The maximum absolute atomic E-state index is 14.0. The van der Waals surface area contributed by atoms with Crippen molar-refractivity contribution in [1.29, 1.82) is 0 Å². The van der Waals surface area contributed by atoms with Crippen LogP contribution in [0.15, 0.2) is 48.1 Å². The van der Waals surface area contributed by atoms with Crippen LogP contribution in [-0.2, 0) is 36.9 Å². The van der Waals surface area contributed by atoms with E-state index < -0.39 is 41.1 Å². The largest absolute Gasteiger partial charge is 0.493 e. The van der Waals surface area contributed by atoms with Crippen molar-refractivity contribution in [2.45, 2.75) is 63.7 Å². The summed E-state index contributed by atoms with van der Waals surface area (Å²) >= 11 is 1.33. The van der Waals surface area contributed by atoms with Gasteiger partial charge in [-0.15, -0.1) is 10.1 Å². The molecular weight excluding hydrogens is 606 g/mol. The van der Waals surface area contributed by atoms with Crippen LogP contribution in [0.2, 0.25) is 0 Å². The maximum atomic E-state index is 14.0. The van der Waals surface area contributed by atoms with Gasteiger partial charge in [0.1, 0.15) is 25.3 Å². The Morgan fingerprint density at radius 1 is 1.13 bits per heavy atom. The number of ether oxygens (including phenoxy) is 3. The number of fused-ring (bicyclic) bond motifs is 1. The second-order valence-electron chi connectivity index (χ2n) is 10.5. The third-order valence-electron chi connectivity index (χ3n) is 7.48. The van der Waals surface area contributed by atoms with Crippen LogP contribution in [-0.4, -0.2) is 90.0 Å². The molecule has 1 aliphatic carbocycles. The third-order valence-corrected chi connectivity index (χ3v) is 8.39. The zero-order valence-electron chi connectivity index (χ0n) is 25.8. The van der Waals surface area contributed by atoms with Gasteiger partial charge in [0.15, 0.2) is 11.5 Å². The molecule has 0 saturated carbocycles. The van der Waals surface area contributed by atoms with Gasteiger partial charge < -0.3 is 29.1 Å². The van der Waals surface area contributed by atoms with E-state index in [4.69, 9.17) is 14.2 Å². The van der Waals surface area contributed by atoms with E-state index in [1.54, 1.807) is 13.0 Å². The molecule has 45 heavy (non-hydrogen) atoms. The van der Waals surface area contributed by atoms with Gasteiger partial charge in [-0.1, -0.05) is 36.0 Å². The van der Waals surface area contributed by atoms with Crippen LogP contribution in [0.25, 0.3) is 0 Å². The lowest BCUT2D eigenvalue weighted by molar-refractivity contribution is -0.756. The first-order valence-corrected chi connectivity index (χ1v) is 15.9. The fourth-order valence-electron chi connectivity index (χ4n) is 5.15. The molecule has 1 aromatic rings. The summed E-state index contributed by atoms with van der Waals surface area (Å²) in [6, 6.07) is 0.793. The second-order valence-corrected chi connectivity index (χ2v) is 11.7. The summed E-state index contributed by atoms with van der Waals surface area (Å²) in [5, 5.41) is 22.3. The number of hydrogen-bond donors (Lipinski definition) is 2. The minimum atomic E-state index is -1.07. The number of thioether (sulfide) groups is 1. The number of carbonyl (C=O) groups excluding carboxylic acids is 2. The Bertz CT molecular complexity index is 1300. The lowest BCUT2D eigenvalue weighted by atomic mass is 10.0. The standard InChI is InChI=1S/C31H41N3O10S/c1-21(32-25(30(36)37)12-10-22-8-6-4-5-7-9-22)29(35)33-20-24-19-28(42-3)27(41-2)18-23(24)11-13-26(33)31(38)43-14-16-45-17-15-44-34(39)40/h4-6,8-9,18-19,21,25-26,32H,7,10-17,20H2,1-3H3,(H,36,37). The van der Waals surface area contributed by atoms with E-state index in [0.717, 1.165) is 23.1 Å². The minimum absolute atomic E-state index is 0.0454. The van der Waals surface area contributed by atoms with E-state index in [2.05, 4.69) is 10.2 Å². The number of esters is 1. The number of carboxylic acids is 1. The molecule has 0 radical (unpaired) electrons. The lowest BCUT2D eigenvalue weighted by Gasteiger charge is -2.32. The first-order valence-electron chi connectivity index (χ1n) is 14.7. The van der Waals surface area contributed by atoms with Gasteiger partial charge in [0.2, 0.25) is 5.91 Å². The van der Waals surface area contributed by atoms with Crippen molar-refractivity contribution in [1.82, 2.24) is 10.2 Å². The lowest BCUT2D eigenvalue weighted by Crippen LogP contribution is -2.54. The van der Waals surface area contributed by atoms with Gasteiger partial charge in [-0.05, 0) is 62.3 Å².